The zero-order chi connectivity index (χ0) is 47.5. The van der Waals surface area contributed by atoms with Gasteiger partial charge in [0, 0.05) is 53.4 Å². The van der Waals surface area contributed by atoms with Crippen LogP contribution in [0.15, 0.2) is 59.2 Å². The zero-order valence-corrected chi connectivity index (χ0v) is 40.5. The van der Waals surface area contributed by atoms with Crippen LogP contribution in [-0.4, -0.2) is 101 Å². The number of aliphatic hydroxyl groups is 3. The number of hydrogen-bond acceptors (Lipinski definition) is 13. The molecule has 374 valence electrons. The van der Waals surface area contributed by atoms with E-state index in [-0.39, 0.29) is 60.3 Å². The lowest BCUT2D eigenvalue weighted by Gasteiger charge is -2.70. The van der Waals surface area contributed by atoms with Crippen molar-refractivity contribution in [1.82, 2.24) is 10.6 Å². The molecule has 13 nitrogen and oxygen atoms in total. The second-order valence-corrected chi connectivity index (χ2v) is 23.9. The second-order valence-electron chi connectivity index (χ2n) is 23.9. The molecule has 4 saturated carbocycles. The first-order chi connectivity index (χ1) is 33.4. The average molecular weight is 951 g/mol. The van der Waals surface area contributed by atoms with Gasteiger partial charge in [-0.3, -0.25) is 14.9 Å². The summed E-state index contributed by atoms with van der Waals surface area (Å²) in [5, 5.41) is 42.7. The molecule has 0 radical (unpaired) electrons. The van der Waals surface area contributed by atoms with Gasteiger partial charge < -0.3 is 44.0 Å². The maximum Gasteiger partial charge on any atom is 0.339 e. The summed E-state index contributed by atoms with van der Waals surface area (Å²) < 4.78 is 33.8. The second kappa shape index (κ2) is 17.4. The third-order valence-electron chi connectivity index (χ3n) is 21.0. The lowest BCUT2D eigenvalue weighted by molar-refractivity contribution is -0.277. The lowest BCUT2D eigenvalue weighted by atomic mass is 9.32. The Balaban J connectivity index is 0.965. The van der Waals surface area contributed by atoms with Gasteiger partial charge in [0.15, 0.2) is 11.9 Å². The van der Waals surface area contributed by atoms with Gasteiger partial charge in [0.2, 0.25) is 0 Å². The SMILES string of the molecule is C[C@@]12CC[C@@H]3[C@@]45COC(=O)C[C@@H]4O[C@](C)(C4CCCCC4)[C@H]5C(=O)[C@@H](O)[C@@]3([C@H]3CCC[C@H](Cc4ccccc4)C3)[C@]13O[C@@H]3C(=O)O[C@H]2c1ccoc1C[C@H]([C@H](O)CO)[C@H]1C=C[C@H]([C@H]2CNCN2)CC1. The number of epoxide rings is 1. The first-order valence-corrected chi connectivity index (χ1v) is 26.9. The Morgan fingerprint density at radius 1 is 0.884 bits per heavy atom. The van der Waals surface area contributed by atoms with Crippen molar-refractivity contribution < 1.29 is 53.1 Å². The van der Waals surface area contributed by atoms with Gasteiger partial charge in [-0.05, 0) is 112 Å². The number of furan rings is 1. The van der Waals surface area contributed by atoms with E-state index >= 15 is 4.79 Å². The molecule has 5 N–H and O–H groups in total. The quantitative estimate of drug-likeness (QED) is 0.0959. The minimum Gasteiger partial charge on any atom is -0.469 e. The van der Waals surface area contributed by atoms with Crippen molar-refractivity contribution >= 4 is 17.7 Å². The molecule has 5 aliphatic carbocycles. The Labute approximate surface area is 406 Å². The molecule has 12 rings (SSSR count). The van der Waals surface area contributed by atoms with Gasteiger partial charge in [-0.25, -0.2) is 4.79 Å². The summed E-state index contributed by atoms with van der Waals surface area (Å²) in [5.41, 5.74) is -3.38. The molecule has 2 aromatic rings. The third kappa shape index (κ3) is 6.75. The number of Topliss-reactive ketones (excluding diaryl/α,β-unsaturated/α-hetero) is 1. The summed E-state index contributed by atoms with van der Waals surface area (Å²) in [7, 11) is 0. The van der Waals surface area contributed by atoms with E-state index in [1.165, 1.54) is 5.56 Å². The molecule has 0 amide bonds. The highest BCUT2D eigenvalue weighted by molar-refractivity contribution is 5.92. The van der Waals surface area contributed by atoms with Crippen molar-refractivity contribution in [2.45, 2.75) is 164 Å². The largest absolute Gasteiger partial charge is 0.469 e. The van der Waals surface area contributed by atoms with E-state index in [0.717, 1.165) is 90.3 Å². The fourth-order valence-electron chi connectivity index (χ4n) is 18.1. The number of cyclic esters (lactones) is 2. The minimum atomic E-state index is -1.47. The molecule has 6 heterocycles. The van der Waals surface area contributed by atoms with Crippen molar-refractivity contribution in [2.24, 2.45) is 63.6 Å². The van der Waals surface area contributed by atoms with Crippen LogP contribution >= 0.6 is 0 Å². The van der Waals surface area contributed by atoms with E-state index in [2.05, 4.69) is 60.9 Å². The summed E-state index contributed by atoms with van der Waals surface area (Å²) in [4.78, 5) is 44.6. The molecule has 0 bridgehead atoms. The molecular weight excluding hydrogens is 877 g/mol. The first kappa shape index (κ1) is 46.6. The molecule has 13 heteroatoms. The van der Waals surface area contributed by atoms with Gasteiger partial charge in [0.1, 0.15) is 30.2 Å². The number of rotatable bonds is 11. The number of hydrogen-bond donors (Lipinski definition) is 5. The highest BCUT2D eigenvalue weighted by Crippen LogP contribution is 2.83. The number of nitrogens with one attached hydrogen (secondary N) is 2. The van der Waals surface area contributed by atoms with Crippen LogP contribution in [0.5, 0.6) is 0 Å². The van der Waals surface area contributed by atoms with E-state index in [9.17, 15) is 24.9 Å². The monoisotopic (exact) mass is 951 g/mol. The van der Waals surface area contributed by atoms with Crippen LogP contribution < -0.4 is 10.6 Å². The van der Waals surface area contributed by atoms with Crippen LogP contribution in [0.1, 0.15) is 127 Å². The van der Waals surface area contributed by atoms with Gasteiger partial charge >= 0.3 is 11.9 Å². The molecule has 0 unspecified atom stereocenters. The number of carbonyl (C=O) groups is 3. The number of carbonyl (C=O) groups excluding carboxylic acids is 3. The number of allylic oxidation sites excluding steroid dienone is 1. The van der Waals surface area contributed by atoms with Gasteiger partial charge in [-0.15, -0.1) is 0 Å². The number of fused-ring (bicyclic) bond motifs is 1. The first-order valence-electron chi connectivity index (χ1n) is 26.9. The molecule has 5 aliphatic heterocycles. The Bertz CT molecular complexity index is 2310. The lowest BCUT2D eigenvalue weighted by Crippen LogP contribution is -2.79. The molecular formula is C56H74N2O11. The number of ketones is 1. The van der Waals surface area contributed by atoms with E-state index in [1.807, 2.05) is 12.1 Å². The van der Waals surface area contributed by atoms with E-state index < -0.39 is 76.5 Å². The Kier molecular flexibility index (Phi) is 11.7. The van der Waals surface area contributed by atoms with Crippen LogP contribution in [0.4, 0.5) is 0 Å². The van der Waals surface area contributed by atoms with Crippen LogP contribution in [0.2, 0.25) is 0 Å². The molecule has 2 spiro atoms. The molecule has 1 aromatic carbocycles. The predicted octanol–water partition coefficient (Wildman–Crippen LogP) is 6.31. The zero-order valence-electron chi connectivity index (χ0n) is 40.5. The molecule has 18 atom stereocenters. The number of esters is 2. The highest BCUT2D eigenvalue weighted by atomic mass is 16.7. The normalized spacial score (nSPS) is 45.8. The summed E-state index contributed by atoms with van der Waals surface area (Å²) in [6.45, 7) is 5.58. The van der Waals surface area contributed by atoms with Crippen LogP contribution in [-0.2, 0) is 46.2 Å². The van der Waals surface area contributed by atoms with Gasteiger partial charge in [0.25, 0.3) is 0 Å². The minimum absolute atomic E-state index is 0.0161. The molecule has 69 heavy (non-hydrogen) atoms. The smallest absolute Gasteiger partial charge is 0.339 e. The van der Waals surface area contributed by atoms with Gasteiger partial charge in [0.05, 0.1) is 43.0 Å². The standard InChI is InChI=1S/C56H74N2O11/c1-52-22-20-43-54-30-66-45(61)27-44(54)68-53(2,36-13-7-4-8-14-36)47(54)46(62)48(63)55(43,37-15-9-12-33(25-37)24-32-10-5-3-6-11-32)56(52)50(69-56)51(64)67-49(52)38-21-23-65-42(38)26-39(41(60)29-59)34-16-18-35(19-17-34)40-28-57-31-58-40/h3,5-6,10-11,16,18,21,23,33-37,39-41,43-44,47-50,57-60,63H,4,7-9,12-15,17,19-20,22,24-31H2,1-2H3/t33-,34+,35+,37+,39+,40-,41-,43-,44+,47-,48-,49+,50-,52+,53-,54+,55+,56-/m1/s1. The predicted molar refractivity (Wildman–Crippen MR) is 252 cm³/mol. The van der Waals surface area contributed by atoms with Crippen molar-refractivity contribution in [2.75, 3.05) is 26.4 Å². The number of ether oxygens (including phenoxy) is 4. The van der Waals surface area contributed by atoms with Crippen LogP contribution in [0, 0.1) is 63.6 Å². The highest BCUT2D eigenvalue weighted by Gasteiger charge is 2.93. The molecule has 5 saturated heterocycles. The maximum atomic E-state index is 16.2. The Morgan fingerprint density at radius 3 is 2.45 bits per heavy atom. The van der Waals surface area contributed by atoms with Crippen LogP contribution in [0.3, 0.4) is 0 Å². The molecule has 1 aromatic heterocycles. The van der Waals surface area contributed by atoms with Gasteiger partial charge in [-0.1, -0.05) is 81.5 Å². The molecule has 10 aliphatic rings. The van der Waals surface area contributed by atoms with E-state index in [1.54, 1.807) is 6.26 Å². The number of benzene rings is 1. The van der Waals surface area contributed by atoms with Gasteiger partial charge in [-0.2, -0.15) is 0 Å². The summed E-state index contributed by atoms with van der Waals surface area (Å²) in [6.07, 6.45) is 13.8. The maximum absolute atomic E-state index is 16.2. The van der Waals surface area contributed by atoms with E-state index in [0.29, 0.717) is 42.5 Å². The average Bonchev–Trinajstić information content (AvgIpc) is 3.62. The van der Waals surface area contributed by atoms with Crippen molar-refractivity contribution in [3.8, 4) is 0 Å². The summed E-state index contributed by atoms with van der Waals surface area (Å²) >= 11 is 0. The Morgan fingerprint density at radius 2 is 1.70 bits per heavy atom. The summed E-state index contributed by atoms with van der Waals surface area (Å²) in [6, 6.07) is 12.8. The van der Waals surface area contributed by atoms with E-state index in [4.69, 9.17) is 23.4 Å². The topological polar surface area (TPSA) is 189 Å². The summed E-state index contributed by atoms with van der Waals surface area (Å²) in [5.74, 6) is -1.44. The third-order valence-corrected chi connectivity index (χ3v) is 21.0. The fourth-order valence-corrected chi connectivity index (χ4v) is 18.1. The number of aliphatic hydroxyl groups excluding tert-OH is 3. The van der Waals surface area contributed by atoms with Crippen molar-refractivity contribution in [1.29, 1.82) is 0 Å². The fraction of sp³-hybridized carbons (Fsp3) is 0.732. The Hall–Kier alpha value is -3.43. The molecule has 9 fully saturated rings. The van der Waals surface area contributed by atoms with Crippen molar-refractivity contribution in [3.63, 3.8) is 0 Å². The van der Waals surface area contributed by atoms with Crippen LogP contribution in [0.25, 0.3) is 0 Å². The van der Waals surface area contributed by atoms with Crippen molar-refractivity contribution in [3.05, 3.63) is 71.7 Å².